The number of aliphatic hydroxyl groups excluding tert-OH is 1. The van der Waals surface area contributed by atoms with E-state index in [1.807, 2.05) is 66.7 Å². The number of aromatic nitrogens is 1. The van der Waals surface area contributed by atoms with Gasteiger partial charge in [-0.2, -0.15) is 0 Å². The van der Waals surface area contributed by atoms with Crippen LogP contribution >= 0.6 is 0 Å². The Hall–Kier alpha value is -3.27. The zero-order valence-corrected chi connectivity index (χ0v) is 20.2. The van der Waals surface area contributed by atoms with E-state index in [0.717, 1.165) is 45.3 Å². The van der Waals surface area contributed by atoms with Crippen LogP contribution in [0.2, 0.25) is 0 Å². The minimum Gasteiger partial charge on any atom is -0.388 e. The van der Waals surface area contributed by atoms with Gasteiger partial charge in [-0.05, 0) is 85.2 Å². The number of aliphatic hydroxyl groups is 2. The van der Waals surface area contributed by atoms with Crippen LogP contribution in [0.4, 0.5) is 0 Å². The Labute approximate surface area is 202 Å². The van der Waals surface area contributed by atoms with Crippen LogP contribution in [0, 0.1) is 0 Å². The Balaban J connectivity index is 1.47. The molecule has 174 valence electrons. The molecule has 0 fully saturated rings. The Morgan fingerprint density at radius 2 is 1.71 bits per heavy atom. The highest BCUT2D eigenvalue weighted by Crippen LogP contribution is 2.27. The second kappa shape index (κ2) is 10.3. The summed E-state index contributed by atoms with van der Waals surface area (Å²) in [7, 11) is 0. The van der Waals surface area contributed by atoms with E-state index in [0.29, 0.717) is 12.8 Å². The van der Waals surface area contributed by atoms with Crippen molar-refractivity contribution in [3.05, 3.63) is 112 Å². The fraction of sp³-hybridized carbons (Fsp3) is 0.258. The summed E-state index contributed by atoms with van der Waals surface area (Å²) in [6.45, 7) is 5.74. The second-order valence-corrected chi connectivity index (χ2v) is 9.39. The molecule has 0 amide bonds. The summed E-state index contributed by atoms with van der Waals surface area (Å²) < 4.78 is 0. The van der Waals surface area contributed by atoms with E-state index in [1.54, 1.807) is 13.8 Å². The third-order valence-electron chi connectivity index (χ3n) is 6.29. The summed E-state index contributed by atoms with van der Waals surface area (Å²) in [5.41, 5.74) is 6.20. The molecule has 1 atom stereocenters. The van der Waals surface area contributed by atoms with Gasteiger partial charge in [-0.15, -0.1) is 0 Å². The normalized spacial score (nSPS) is 13.0. The standard InChI is InChI=1S/C31H33NO2/c1-4-22-12-14-25-15-18-27(32-29(25)21-22)17-13-23-8-7-10-26(20-23)30(33)19-16-24-9-5-6-11-28(24)31(2,3)34/h5-15,17-18,20-21,30,33-34H,4,16,19H2,1-3H3/b17-13+/t30-/m0/s1. The van der Waals surface area contributed by atoms with Crippen molar-refractivity contribution in [3.8, 4) is 0 Å². The lowest BCUT2D eigenvalue weighted by molar-refractivity contribution is 0.0772. The van der Waals surface area contributed by atoms with Gasteiger partial charge in [0.15, 0.2) is 0 Å². The molecule has 0 saturated carbocycles. The predicted molar refractivity (Wildman–Crippen MR) is 141 cm³/mol. The number of nitrogens with zero attached hydrogens (tertiary/aromatic N) is 1. The van der Waals surface area contributed by atoms with E-state index in [1.165, 1.54) is 5.56 Å². The van der Waals surface area contributed by atoms with Crippen LogP contribution < -0.4 is 0 Å². The van der Waals surface area contributed by atoms with Crippen molar-refractivity contribution in [2.75, 3.05) is 0 Å². The molecule has 3 aromatic carbocycles. The third kappa shape index (κ3) is 5.80. The molecular formula is C31H33NO2. The molecule has 0 radical (unpaired) electrons. The molecule has 0 bridgehead atoms. The van der Waals surface area contributed by atoms with Crippen molar-refractivity contribution in [2.24, 2.45) is 0 Å². The van der Waals surface area contributed by atoms with Crippen molar-refractivity contribution in [2.45, 2.75) is 51.7 Å². The van der Waals surface area contributed by atoms with E-state index >= 15 is 0 Å². The molecule has 3 heteroatoms. The smallest absolute Gasteiger partial charge is 0.0843 e. The molecule has 0 aliphatic heterocycles. The summed E-state index contributed by atoms with van der Waals surface area (Å²) in [6.07, 6.45) is 5.76. The largest absolute Gasteiger partial charge is 0.388 e. The van der Waals surface area contributed by atoms with Gasteiger partial charge < -0.3 is 10.2 Å². The predicted octanol–water partition coefficient (Wildman–Crippen LogP) is 6.86. The average molecular weight is 452 g/mol. The fourth-order valence-corrected chi connectivity index (χ4v) is 4.34. The maximum absolute atomic E-state index is 10.9. The van der Waals surface area contributed by atoms with E-state index in [4.69, 9.17) is 4.98 Å². The monoisotopic (exact) mass is 451 g/mol. The number of rotatable bonds is 8. The van der Waals surface area contributed by atoms with Gasteiger partial charge in [0.05, 0.1) is 22.9 Å². The Morgan fingerprint density at radius 1 is 0.912 bits per heavy atom. The molecular weight excluding hydrogens is 418 g/mol. The minimum absolute atomic E-state index is 0.575. The lowest BCUT2D eigenvalue weighted by atomic mass is 9.90. The number of hydrogen-bond acceptors (Lipinski definition) is 3. The van der Waals surface area contributed by atoms with Crippen LogP contribution in [0.25, 0.3) is 23.1 Å². The van der Waals surface area contributed by atoms with Crippen molar-refractivity contribution in [1.29, 1.82) is 0 Å². The molecule has 1 aromatic heterocycles. The maximum Gasteiger partial charge on any atom is 0.0843 e. The van der Waals surface area contributed by atoms with E-state index in [-0.39, 0.29) is 0 Å². The molecule has 34 heavy (non-hydrogen) atoms. The molecule has 0 spiro atoms. The SMILES string of the molecule is CCc1ccc2ccc(/C=C/c3cccc([C@@H](O)CCc4ccccc4C(C)(C)O)c3)nc2c1. The first-order chi connectivity index (χ1) is 16.3. The lowest BCUT2D eigenvalue weighted by Gasteiger charge is -2.22. The third-order valence-corrected chi connectivity index (χ3v) is 6.29. The van der Waals surface area contributed by atoms with Crippen LogP contribution in [0.15, 0.2) is 78.9 Å². The summed E-state index contributed by atoms with van der Waals surface area (Å²) in [4.78, 5) is 4.79. The van der Waals surface area contributed by atoms with Crippen molar-refractivity contribution in [3.63, 3.8) is 0 Å². The Morgan fingerprint density at radius 3 is 2.50 bits per heavy atom. The van der Waals surface area contributed by atoms with Gasteiger partial charge in [0.2, 0.25) is 0 Å². The van der Waals surface area contributed by atoms with Crippen LogP contribution in [0.3, 0.4) is 0 Å². The Bertz CT molecular complexity index is 1300. The van der Waals surface area contributed by atoms with Gasteiger partial charge in [0.25, 0.3) is 0 Å². The summed E-state index contributed by atoms with van der Waals surface area (Å²) >= 11 is 0. The first-order valence-electron chi connectivity index (χ1n) is 12.0. The van der Waals surface area contributed by atoms with Gasteiger partial charge in [0.1, 0.15) is 0 Å². The van der Waals surface area contributed by atoms with Crippen LogP contribution in [-0.2, 0) is 18.4 Å². The van der Waals surface area contributed by atoms with Crippen molar-refractivity contribution in [1.82, 2.24) is 4.98 Å². The first-order valence-corrected chi connectivity index (χ1v) is 12.0. The molecule has 1 heterocycles. The molecule has 0 aliphatic carbocycles. The van der Waals surface area contributed by atoms with E-state index < -0.39 is 11.7 Å². The summed E-state index contributed by atoms with van der Waals surface area (Å²) in [6, 6.07) is 26.5. The minimum atomic E-state index is -0.902. The molecule has 0 saturated heterocycles. The molecule has 4 rings (SSSR count). The number of benzene rings is 3. The summed E-state index contributed by atoms with van der Waals surface area (Å²) in [5.74, 6) is 0. The molecule has 4 aromatic rings. The maximum atomic E-state index is 10.9. The number of fused-ring (bicyclic) bond motifs is 1. The second-order valence-electron chi connectivity index (χ2n) is 9.39. The molecule has 2 N–H and O–H groups in total. The van der Waals surface area contributed by atoms with Gasteiger partial charge >= 0.3 is 0 Å². The number of pyridine rings is 1. The quantitative estimate of drug-likeness (QED) is 0.308. The average Bonchev–Trinajstić information content (AvgIpc) is 2.85. The zero-order valence-electron chi connectivity index (χ0n) is 20.2. The molecule has 0 aliphatic rings. The molecule has 3 nitrogen and oxygen atoms in total. The van der Waals surface area contributed by atoms with Crippen LogP contribution in [-0.4, -0.2) is 15.2 Å². The highest BCUT2D eigenvalue weighted by Gasteiger charge is 2.20. The van der Waals surface area contributed by atoms with E-state index in [2.05, 4.69) is 31.2 Å². The van der Waals surface area contributed by atoms with Gasteiger partial charge in [-0.1, -0.05) is 73.7 Å². The Kier molecular flexibility index (Phi) is 7.26. The topological polar surface area (TPSA) is 53.4 Å². The number of aryl methyl sites for hydroxylation is 2. The zero-order chi connectivity index (χ0) is 24.1. The first kappa shape index (κ1) is 23.9. The van der Waals surface area contributed by atoms with E-state index in [9.17, 15) is 10.2 Å². The molecule has 0 unspecified atom stereocenters. The van der Waals surface area contributed by atoms with Gasteiger partial charge in [-0.25, -0.2) is 4.98 Å². The highest BCUT2D eigenvalue weighted by molar-refractivity contribution is 5.81. The fourth-order valence-electron chi connectivity index (χ4n) is 4.34. The van der Waals surface area contributed by atoms with Gasteiger partial charge in [0, 0.05) is 5.39 Å². The lowest BCUT2D eigenvalue weighted by Crippen LogP contribution is -2.18. The highest BCUT2D eigenvalue weighted by atomic mass is 16.3. The number of hydrogen-bond donors (Lipinski definition) is 2. The van der Waals surface area contributed by atoms with Gasteiger partial charge in [-0.3, -0.25) is 0 Å². The van der Waals surface area contributed by atoms with Crippen LogP contribution in [0.1, 0.15) is 66.8 Å². The summed E-state index contributed by atoms with van der Waals surface area (Å²) in [5, 5.41) is 22.4. The van der Waals surface area contributed by atoms with Crippen LogP contribution in [0.5, 0.6) is 0 Å². The van der Waals surface area contributed by atoms with Crippen molar-refractivity contribution >= 4 is 23.1 Å². The van der Waals surface area contributed by atoms with Crippen molar-refractivity contribution < 1.29 is 10.2 Å².